The van der Waals surface area contributed by atoms with Gasteiger partial charge in [-0.25, -0.2) is 9.78 Å². The standard InChI is InChI=1S/C27H31N7O3/c1-20(35)21-6-8-22(9-7-21)29-27(36)34-14-12-33(13-15-34)25-10-11-28-26(31-25)30-23-4-2-3-5-24(23)32-16-18-37-19-17-32/h2-11H,12-19H2,1H3,(H,29,36)(H,28,30,31). The molecular formula is C27H31N7O3. The molecule has 37 heavy (non-hydrogen) atoms. The van der Waals surface area contributed by atoms with Crippen molar-refractivity contribution in [2.45, 2.75) is 6.92 Å². The molecule has 2 saturated heterocycles. The lowest BCUT2D eigenvalue weighted by Crippen LogP contribution is -2.50. The average Bonchev–Trinajstić information content (AvgIpc) is 2.94. The molecule has 1 aromatic heterocycles. The summed E-state index contributed by atoms with van der Waals surface area (Å²) in [4.78, 5) is 39.6. The minimum atomic E-state index is -0.153. The van der Waals surface area contributed by atoms with Gasteiger partial charge in [-0.1, -0.05) is 12.1 Å². The maximum absolute atomic E-state index is 12.7. The molecule has 3 aromatic rings. The maximum atomic E-state index is 12.7. The van der Waals surface area contributed by atoms with Crippen molar-refractivity contribution < 1.29 is 14.3 Å². The number of morpholine rings is 1. The Hall–Kier alpha value is -4.18. The smallest absolute Gasteiger partial charge is 0.321 e. The Labute approximate surface area is 216 Å². The number of nitrogens with one attached hydrogen (secondary N) is 2. The average molecular weight is 502 g/mol. The van der Waals surface area contributed by atoms with E-state index in [0.29, 0.717) is 43.4 Å². The first-order valence-electron chi connectivity index (χ1n) is 12.5. The molecular weight excluding hydrogens is 470 g/mol. The summed E-state index contributed by atoms with van der Waals surface area (Å²) in [5, 5.41) is 6.30. The summed E-state index contributed by atoms with van der Waals surface area (Å²) in [5.74, 6) is 1.35. The van der Waals surface area contributed by atoms with Crippen LogP contribution in [0.5, 0.6) is 0 Å². The monoisotopic (exact) mass is 501 g/mol. The number of carbonyl (C=O) groups is 2. The number of hydrogen-bond acceptors (Lipinski definition) is 8. The second-order valence-electron chi connectivity index (χ2n) is 9.02. The minimum absolute atomic E-state index is 0.00149. The number of benzene rings is 2. The third kappa shape index (κ3) is 5.97. The molecule has 2 aliphatic rings. The van der Waals surface area contributed by atoms with E-state index < -0.39 is 0 Å². The number of nitrogens with zero attached hydrogens (tertiary/aromatic N) is 5. The van der Waals surface area contributed by atoms with E-state index in [0.717, 1.165) is 43.5 Å². The molecule has 2 aliphatic heterocycles. The number of piperazine rings is 1. The van der Waals surface area contributed by atoms with Crippen LogP contribution < -0.4 is 20.4 Å². The summed E-state index contributed by atoms with van der Waals surface area (Å²) in [6, 6.07) is 16.8. The van der Waals surface area contributed by atoms with Gasteiger partial charge in [-0.15, -0.1) is 0 Å². The predicted octanol–water partition coefficient (Wildman–Crippen LogP) is 3.61. The van der Waals surface area contributed by atoms with E-state index in [4.69, 9.17) is 9.72 Å². The fraction of sp³-hybridized carbons (Fsp3) is 0.333. The number of aromatic nitrogens is 2. The van der Waals surface area contributed by atoms with E-state index >= 15 is 0 Å². The van der Waals surface area contributed by atoms with E-state index in [1.165, 1.54) is 6.92 Å². The molecule has 2 fully saturated rings. The molecule has 0 radical (unpaired) electrons. The normalized spacial score (nSPS) is 15.9. The lowest BCUT2D eigenvalue weighted by atomic mass is 10.1. The number of amides is 2. The van der Waals surface area contributed by atoms with Crippen LogP contribution in [0.1, 0.15) is 17.3 Å². The number of rotatable bonds is 6. The molecule has 0 unspecified atom stereocenters. The van der Waals surface area contributed by atoms with Crippen molar-refractivity contribution in [2.24, 2.45) is 0 Å². The van der Waals surface area contributed by atoms with Gasteiger partial charge in [-0.05, 0) is 49.4 Å². The van der Waals surface area contributed by atoms with Crippen LogP contribution in [0.25, 0.3) is 0 Å². The van der Waals surface area contributed by atoms with E-state index in [9.17, 15) is 9.59 Å². The molecule has 2 aromatic carbocycles. The van der Waals surface area contributed by atoms with Crippen molar-refractivity contribution in [3.63, 3.8) is 0 Å². The molecule has 2 amide bonds. The minimum Gasteiger partial charge on any atom is -0.378 e. The highest BCUT2D eigenvalue weighted by atomic mass is 16.5. The van der Waals surface area contributed by atoms with Gasteiger partial charge < -0.3 is 30.1 Å². The van der Waals surface area contributed by atoms with Crippen LogP contribution in [0.3, 0.4) is 0 Å². The van der Waals surface area contributed by atoms with Crippen molar-refractivity contribution in [3.05, 3.63) is 66.4 Å². The number of ketones is 1. The van der Waals surface area contributed by atoms with Crippen molar-refractivity contribution >= 4 is 40.6 Å². The Bertz CT molecular complexity index is 1240. The first-order chi connectivity index (χ1) is 18.1. The molecule has 192 valence electrons. The zero-order valence-corrected chi connectivity index (χ0v) is 20.9. The molecule has 2 N–H and O–H groups in total. The zero-order chi connectivity index (χ0) is 25.6. The third-order valence-corrected chi connectivity index (χ3v) is 6.58. The second kappa shape index (κ2) is 11.3. The highest BCUT2D eigenvalue weighted by Gasteiger charge is 2.23. The lowest BCUT2D eigenvalue weighted by molar-refractivity contribution is 0.101. The largest absolute Gasteiger partial charge is 0.378 e. The van der Waals surface area contributed by atoms with Crippen molar-refractivity contribution in [2.75, 3.05) is 72.9 Å². The topological polar surface area (TPSA) is 103 Å². The fourth-order valence-corrected chi connectivity index (χ4v) is 4.49. The van der Waals surface area contributed by atoms with Gasteiger partial charge in [0.1, 0.15) is 5.82 Å². The third-order valence-electron chi connectivity index (χ3n) is 6.58. The predicted molar refractivity (Wildman–Crippen MR) is 144 cm³/mol. The molecule has 0 atom stereocenters. The zero-order valence-electron chi connectivity index (χ0n) is 20.9. The van der Waals surface area contributed by atoms with Gasteiger partial charge in [0.2, 0.25) is 5.95 Å². The maximum Gasteiger partial charge on any atom is 0.321 e. The Morgan fingerprint density at radius 3 is 2.32 bits per heavy atom. The van der Waals surface area contributed by atoms with Gasteiger partial charge in [-0.3, -0.25) is 4.79 Å². The summed E-state index contributed by atoms with van der Waals surface area (Å²) in [6.07, 6.45) is 1.76. The number of hydrogen-bond donors (Lipinski definition) is 2. The van der Waals surface area contributed by atoms with Crippen molar-refractivity contribution in [1.29, 1.82) is 0 Å². The molecule has 0 aliphatic carbocycles. The Balaban J connectivity index is 1.19. The fourth-order valence-electron chi connectivity index (χ4n) is 4.49. The van der Waals surface area contributed by atoms with Crippen molar-refractivity contribution in [3.8, 4) is 0 Å². The number of ether oxygens (including phenoxy) is 1. The number of carbonyl (C=O) groups excluding carboxylic acids is 2. The van der Waals surface area contributed by atoms with E-state index in [-0.39, 0.29) is 11.8 Å². The van der Waals surface area contributed by atoms with Gasteiger partial charge in [0.25, 0.3) is 0 Å². The molecule has 0 spiro atoms. The van der Waals surface area contributed by atoms with Gasteiger partial charge in [0, 0.05) is 56.7 Å². The van der Waals surface area contributed by atoms with E-state index in [1.54, 1.807) is 35.4 Å². The van der Waals surface area contributed by atoms with Gasteiger partial charge >= 0.3 is 6.03 Å². The number of para-hydroxylation sites is 2. The van der Waals surface area contributed by atoms with Crippen LogP contribution in [0.4, 0.5) is 33.6 Å². The van der Waals surface area contributed by atoms with Crippen LogP contribution in [-0.2, 0) is 4.74 Å². The first-order valence-corrected chi connectivity index (χ1v) is 12.5. The molecule has 10 heteroatoms. The SMILES string of the molecule is CC(=O)c1ccc(NC(=O)N2CCN(c3ccnc(Nc4ccccc4N4CCOCC4)n3)CC2)cc1. The van der Waals surface area contributed by atoms with Crippen molar-refractivity contribution in [1.82, 2.24) is 14.9 Å². The van der Waals surface area contributed by atoms with Gasteiger partial charge in [0.05, 0.1) is 24.6 Å². The van der Waals surface area contributed by atoms with Crippen LogP contribution in [0.2, 0.25) is 0 Å². The van der Waals surface area contributed by atoms with Crippen LogP contribution >= 0.6 is 0 Å². The second-order valence-corrected chi connectivity index (χ2v) is 9.02. The molecule has 5 rings (SSSR count). The first kappa shape index (κ1) is 24.5. The quantitative estimate of drug-likeness (QED) is 0.494. The highest BCUT2D eigenvalue weighted by molar-refractivity contribution is 5.95. The number of Topliss-reactive ketones (excluding diaryl/α,β-unsaturated/α-hetero) is 1. The van der Waals surface area contributed by atoms with Crippen LogP contribution in [0.15, 0.2) is 60.8 Å². The number of urea groups is 1. The summed E-state index contributed by atoms with van der Waals surface area (Å²) in [6.45, 7) is 7.13. The Morgan fingerprint density at radius 2 is 1.59 bits per heavy atom. The van der Waals surface area contributed by atoms with Gasteiger partial charge in [0.15, 0.2) is 5.78 Å². The lowest BCUT2D eigenvalue weighted by Gasteiger charge is -2.35. The molecule has 10 nitrogen and oxygen atoms in total. The number of anilines is 5. The Morgan fingerprint density at radius 1 is 0.865 bits per heavy atom. The van der Waals surface area contributed by atoms with E-state index in [2.05, 4.69) is 31.5 Å². The summed E-state index contributed by atoms with van der Waals surface area (Å²) >= 11 is 0. The van der Waals surface area contributed by atoms with Crippen LogP contribution in [0, 0.1) is 0 Å². The van der Waals surface area contributed by atoms with Gasteiger partial charge in [-0.2, -0.15) is 4.98 Å². The Kier molecular flexibility index (Phi) is 7.46. The summed E-state index contributed by atoms with van der Waals surface area (Å²) < 4.78 is 5.49. The molecule has 3 heterocycles. The molecule has 0 bridgehead atoms. The highest BCUT2D eigenvalue weighted by Crippen LogP contribution is 2.28. The summed E-state index contributed by atoms with van der Waals surface area (Å²) in [7, 11) is 0. The summed E-state index contributed by atoms with van der Waals surface area (Å²) in [5.41, 5.74) is 3.35. The van der Waals surface area contributed by atoms with E-state index in [1.807, 2.05) is 24.3 Å². The van der Waals surface area contributed by atoms with Crippen LogP contribution in [-0.4, -0.2) is 79.2 Å². The molecule has 0 saturated carbocycles.